The summed E-state index contributed by atoms with van der Waals surface area (Å²) in [6.45, 7) is 4.23. The maximum absolute atomic E-state index is 12.6. The third kappa shape index (κ3) is 2.82. The van der Waals surface area contributed by atoms with E-state index in [9.17, 15) is 4.79 Å². The predicted molar refractivity (Wildman–Crippen MR) is 85.1 cm³/mol. The maximum atomic E-state index is 12.6. The lowest BCUT2D eigenvalue weighted by Gasteiger charge is -2.39. The monoisotopic (exact) mass is 306 g/mol. The fourth-order valence-corrected chi connectivity index (χ4v) is 3.83. The Labute approximate surface area is 131 Å². The molecule has 3 nitrogen and oxygen atoms in total. The average Bonchev–Trinajstić information content (AvgIpc) is 2.77. The molecule has 1 aliphatic heterocycles. The van der Waals surface area contributed by atoms with Gasteiger partial charge >= 0.3 is 0 Å². The third-order valence-corrected chi connectivity index (χ3v) is 5.17. The van der Waals surface area contributed by atoms with E-state index in [1.165, 1.54) is 19.3 Å². The molecule has 114 valence electrons. The standard InChI is InChI=1S/C17H23ClN2O/c1-11-5-3-4-6-15(11)20-16(19-12(2)17(20)21)13-7-9-14(18)10-8-13/h7-12,15-16,19H,3-6H2,1-2H3. The van der Waals surface area contributed by atoms with Crippen molar-refractivity contribution in [1.29, 1.82) is 0 Å². The molecule has 1 heterocycles. The van der Waals surface area contributed by atoms with Gasteiger partial charge in [0.15, 0.2) is 0 Å². The van der Waals surface area contributed by atoms with Crippen LogP contribution in [0.1, 0.15) is 51.3 Å². The molecule has 0 spiro atoms. The Morgan fingerprint density at radius 3 is 2.48 bits per heavy atom. The van der Waals surface area contributed by atoms with Gasteiger partial charge in [-0.05, 0) is 43.4 Å². The van der Waals surface area contributed by atoms with Crippen LogP contribution >= 0.6 is 11.6 Å². The molecule has 3 rings (SSSR count). The second-order valence-corrected chi connectivity index (χ2v) is 6.85. The predicted octanol–water partition coefficient (Wildman–Crippen LogP) is 3.74. The van der Waals surface area contributed by atoms with E-state index in [1.807, 2.05) is 31.2 Å². The first-order valence-electron chi connectivity index (χ1n) is 7.91. The van der Waals surface area contributed by atoms with Crippen LogP contribution in [0.25, 0.3) is 0 Å². The van der Waals surface area contributed by atoms with E-state index in [1.54, 1.807) is 0 Å². The molecule has 1 aliphatic carbocycles. The van der Waals surface area contributed by atoms with Crippen molar-refractivity contribution in [3.63, 3.8) is 0 Å². The van der Waals surface area contributed by atoms with Crippen molar-refractivity contribution in [2.24, 2.45) is 5.92 Å². The highest BCUT2D eigenvalue weighted by Crippen LogP contribution is 2.36. The van der Waals surface area contributed by atoms with Crippen molar-refractivity contribution in [1.82, 2.24) is 10.2 Å². The normalized spacial score (nSPS) is 33.5. The lowest BCUT2D eigenvalue weighted by atomic mass is 9.84. The quantitative estimate of drug-likeness (QED) is 0.903. The summed E-state index contributed by atoms with van der Waals surface area (Å²) in [5, 5.41) is 4.17. The van der Waals surface area contributed by atoms with Gasteiger partial charge in [-0.25, -0.2) is 0 Å². The number of rotatable bonds is 2. The molecule has 1 saturated heterocycles. The Kier molecular flexibility index (Phi) is 4.23. The fraction of sp³-hybridized carbons (Fsp3) is 0.588. The number of nitrogens with one attached hydrogen (secondary N) is 1. The number of halogens is 1. The minimum absolute atomic E-state index is 0.0182. The number of amides is 1. The van der Waals surface area contributed by atoms with E-state index < -0.39 is 0 Å². The van der Waals surface area contributed by atoms with Crippen LogP contribution in [0.4, 0.5) is 0 Å². The van der Waals surface area contributed by atoms with Crippen LogP contribution in [0.3, 0.4) is 0 Å². The van der Waals surface area contributed by atoms with Crippen molar-refractivity contribution < 1.29 is 4.79 Å². The van der Waals surface area contributed by atoms with Gasteiger partial charge in [0.25, 0.3) is 0 Å². The highest BCUT2D eigenvalue weighted by molar-refractivity contribution is 6.30. The number of carbonyl (C=O) groups excluding carboxylic acids is 1. The molecule has 4 unspecified atom stereocenters. The molecule has 0 aromatic heterocycles. The number of hydrogen-bond acceptors (Lipinski definition) is 2. The zero-order valence-corrected chi connectivity index (χ0v) is 13.4. The summed E-state index contributed by atoms with van der Waals surface area (Å²) >= 11 is 5.98. The topological polar surface area (TPSA) is 32.3 Å². The van der Waals surface area contributed by atoms with Gasteiger partial charge in [0.2, 0.25) is 5.91 Å². The van der Waals surface area contributed by atoms with Crippen LogP contribution in [0.15, 0.2) is 24.3 Å². The van der Waals surface area contributed by atoms with Crippen LogP contribution in [-0.2, 0) is 4.79 Å². The summed E-state index contributed by atoms with van der Waals surface area (Å²) in [7, 11) is 0. The average molecular weight is 307 g/mol. The lowest BCUT2D eigenvalue weighted by molar-refractivity contribution is -0.134. The minimum Gasteiger partial charge on any atom is -0.318 e. The van der Waals surface area contributed by atoms with Crippen LogP contribution in [0.2, 0.25) is 5.02 Å². The molecular weight excluding hydrogens is 284 g/mol. The van der Waals surface area contributed by atoms with Crippen molar-refractivity contribution in [3.8, 4) is 0 Å². The van der Waals surface area contributed by atoms with E-state index in [-0.39, 0.29) is 18.1 Å². The molecule has 1 amide bonds. The summed E-state index contributed by atoms with van der Waals surface area (Å²) in [4.78, 5) is 14.7. The number of benzene rings is 1. The van der Waals surface area contributed by atoms with Crippen LogP contribution in [-0.4, -0.2) is 22.9 Å². The van der Waals surface area contributed by atoms with Crippen molar-refractivity contribution in [2.75, 3.05) is 0 Å². The molecule has 4 atom stereocenters. The second-order valence-electron chi connectivity index (χ2n) is 6.42. The number of carbonyl (C=O) groups is 1. The SMILES string of the molecule is CC1NC(c2ccc(Cl)cc2)N(C2CCCCC2C)C1=O. The molecule has 21 heavy (non-hydrogen) atoms. The van der Waals surface area contributed by atoms with Crippen molar-refractivity contribution in [3.05, 3.63) is 34.9 Å². The molecular formula is C17H23ClN2O. The maximum Gasteiger partial charge on any atom is 0.241 e. The second kappa shape index (κ2) is 5.98. The molecule has 1 N–H and O–H groups in total. The van der Waals surface area contributed by atoms with Crippen molar-refractivity contribution >= 4 is 17.5 Å². The van der Waals surface area contributed by atoms with Crippen LogP contribution < -0.4 is 5.32 Å². The number of hydrogen-bond donors (Lipinski definition) is 1. The smallest absolute Gasteiger partial charge is 0.241 e. The number of nitrogens with zero attached hydrogens (tertiary/aromatic N) is 1. The fourth-order valence-electron chi connectivity index (χ4n) is 3.71. The summed E-state index contributed by atoms with van der Waals surface area (Å²) in [6.07, 6.45) is 4.83. The van der Waals surface area contributed by atoms with Crippen molar-refractivity contribution in [2.45, 2.75) is 57.8 Å². The van der Waals surface area contributed by atoms with Gasteiger partial charge in [0.05, 0.1) is 6.04 Å². The van der Waals surface area contributed by atoms with Gasteiger partial charge in [0.1, 0.15) is 6.17 Å². The van der Waals surface area contributed by atoms with Gasteiger partial charge in [-0.2, -0.15) is 0 Å². The Morgan fingerprint density at radius 1 is 1.14 bits per heavy atom. The highest BCUT2D eigenvalue weighted by Gasteiger charge is 2.43. The summed E-state index contributed by atoms with van der Waals surface area (Å²) in [6, 6.07) is 8.07. The largest absolute Gasteiger partial charge is 0.318 e. The zero-order chi connectivity index (χ0) is 15.0. The van der Waals surface area contributed by atoms with E-state index in [0.717, 1.165) is 17.0 Å². The van der Waals surface area contributed by atoms with E-state index in [4.69, 9.17) is 11.6 Å². The summed E-state index contributed by atoms with van der Waals surface area (Å²) < 4.78 is 0. The first-order valence-corrected chi connectivity index (χ1v) is 8.29. The van der Waals surface area contributed by atoms with Gasteiger partial charge in [-0.1, -0.05) is 43.5 Å². The molecule has 2 aliphatic rings. The molecule has 1 aromatic rings. The van der Waals surface area contributed by atoms with Gasteiger partial charge in [-0.3, -0.25) is 10.1 Å². The molecule has 0 radical (unpaired) electrons. The lowest BCUT2D eigenvalue weighted by Crippen LogP contribution is -2.45. The zero-order valence-electron chi connectivity index (χ0n) is 12.7. The van der Waals surface area contributed by atoms with Crippen LogP contribution in [0.5, 0.6) is 0 Å². The molecule has 4 heteroatoms. The first-order chi connectivity index (χ1) is 10.1. The van der Waals surface area contributed by atoms with Gasteiger partial charge in [-0.15, -0.1) is 0 Å². The Bertz CT molecular complexity index is 516. The first kappa shape index (κ1) is 14.9. The molecule has 1 aromatic carbocycles. The highest BCUT2D eigenvalue weighted by atomic mass is 35.5. The van der Waals surface area contributed by atoms with Gasteiger partial charge in [0, 0.05) is 11.1 Å². The van der Waals surface area contributed by atoms with E-state index in [2.05, 4.69) is 17.1 Å². The Balaban J connectivity index is 1.90. The third-order valence-electron chi connectivity index (χ3n) is 4.92. The molecule has 0 bridgehead atoms. The minimum atomic E-state index is -0.111. The summed E-state index contributed by atoms with van der Waals surface area (Å²) in [5.41, 5.74) is 1.12. The Hall–Kier alpha value is -1.06. The molecule has 2 fully saturated rings. The van der Waals surface area contributed by atoms with Crippen LogP contribution in [0, 0.1) is 5.92 Å². The molecule has 1 saturated carbocycles. The summed E-state index contributed by atoms with van der Waals surface area (Å²) in [5.74, 6) is 0.804. The van der Waals surface area contributed by atoms with E-state index >= 15 is 0 Å². The van der Waals surface area contributed by atoms with Gasteiger partial charge < -0.3 is 4.90 Å². The Morgan fingerprint density at radius 2 is 1.81 bits per heavy atom. The van der Waals surface area contributed by atoms with E-state index in [0.29, 0.717) is 12.0 Å².